The molecule has 0 spiro atoms. The molecule has 0 aromatic carbocycles. The number of halogens is 1. The molecular formula is C18H24BrN5O2. The fourth-order valence-corrected chi connectivity index (χ4v) is 3.42. The zero-order valence-electron chi connectivity index (χ0n) is 15.3. The van der Waals surface area contributed by atoms with Gasteiger partial charge in [-0.15, -0.1) is 0 Å². The number of aryl methyl sites for hydroxylation is 1. The average Bonchev–Trinajstić information content (AvgIpc) is 3.03. The van der Waals surface area contributed by atoms with Gasteiger partial charge in [0.2, 0.25) is 5.95 Å². The van der Waals surface area contributed by atoms with Crippen molar-refractivity contribution in [2.45, 2.75) is 44.7 Å². The second-order valence-electron chi connectivity index (χ2n) is 6.86. The number of anilines is 2. The summed E-state index contributed by atoms with van der Waals surface area (Å²) in [5, 5.41) is 6.56. The van der Waals surface area contributed by atoms with Crippen molar-refractivity contribution in [2.24, 2.45) is 0 Å². The molecule has 2 aromatic heterocycles. The SMILES string of the molecule is Cc1cc(NC2CCC(NC(=O)c3ccc(Br)o3)CC2)nc(N(C)C)n1. The summed E-state index contributed by atoms with van der Waals surface area (Å²) < 4.78 is 5.87. The van der Waals surface area contributed by atoms with E-state index < -0.39 is 0 Å². The number of carbonyl (C=O) groups excluding carboxylic acids is 1. The van der Waals surface area contributed by atoms with E-state index in [4.69, 9.17) is 4.42 Å². The highest BCUT2D eigenvalue weighted by atomic mass is 79.9. The summed E-state index contributed by atoms with van der Waals surface area (Å²) in [5.41, 5.74) is 0.941. The second kappa shape index (κ2) is 8.07. The van der Waals surface area contributed by atoms with E-state index in [0.717, 1.165) is 37.2 Å². The Hall–Kier alpha value is -2.09. The third kappa shape index (κ3) is 4.75. The molecule has 0 bridgehead atoms. The van der Waals surface area contributed by atoms with Gasteiger partial charge in [-0.2, -0.15) is 4.98 Å². The molecule has 0 atom stereocenters. The first-order valence-corrected chi connectivity index (χ1v) is 9.56. The van der Waals surface area contributed by atoms with Crippen molar-refractivity contribution in [2.75, 3.05) is 24.3 Å². The summed E-state index contributed by atoms with van der Waals surface area (Å²) >= 11 is 3.22. The van der Waals surface area contributed by atoms with Crippen LogP contribution < -0.4 is 15.5 Å². The van der Waals surface area contributed by atoms with Crippen molar-refractivity contribution in [1.82, 2.24) is 15.3 Å². The second-order valence-corrected chi connectivity index (χ2v) is 7.64. The maximum Gasteiger partial charge on any atom is 0.287 e. The fraction of sp³-hybridized carbons (Fsp3) is 0.500. The number of aromatic nitrogens is 2. The molecule has 7 nitrogen and oxygen atoms in total. The fourth-order valence-electron chi connectivity index (χ4n) is 3.11. The highest BCUT2D eigenvalue weighted by Crippen LogP contribution is 2.23. The molecule has 2 aromatic rings. The molecule has 140 valence electrons. The first kappa shape index (κ1) is 18.7. The van der Waals surface area contributed by atoms with Gasteiger partial charge >= 0.3 is 0 Å². The maximum atomic E-state index is 12.2. The Kier molecular flexibility index (Phi) is 5.80. The summed E-state index contributed by atoms with van der Waals surface area (Å²) in [6.45, 7) is 1.97. The predicted molar refractivity (Wildman–Crippen MR) is 105 cm³/mol. The summed E-state index contributed by atoms with van der Waals surface area (Å²) in [6, 6.07) is 5.89. The number of carbonyl (C=O) groups is 1. The van der Waals surface area contributed by atoms with Gasteiger partial charge in [-0.25, -0.2) is 4.98 Å². The quantitative estimate of drug-likeness (QED) is 0.769. The van der Waals surface area contributed by atoms with E-state index in [-0.39, 0.29) is 11.9 Å². The van der Waals surface area contributed by atoms with Crippen molar-refractivity contribution in [1.29, 1.82) is 0 Å². The van der Waals surface area contributed by atoms with Crippen molar-refractivity contribution < 1.29 is 9.21 Å². The predicted octanol–water partition coefficient (Wildman–Crippen LogP) is 3.36. The normalized spacial score (nSPS) is 19.8. The van der Waals surface area contributed by atoms with Gasteiger partial charge < -0.3 is 20.0 Å². The molecular weight excluding hydrogens is 398 g/mol. The lowest BCUT2D eigenvalue weighted by molar-refractivity contribution is 0.0897. The molecule has 0 saturated heterocycles. The van der Waals surface area contributed by atoms with Crippen LogP contribution in [0.15, 0.2) is 27.3 Å². The first-order valence-electron chi connectivity index (χ1n) is 8.76. The minimum atomic E-state index is -0.158. The summed E-state index contributed by atoms with van der Waals surface area (Å²) in [7, 11) is 3.87. The molecule has 8 heteroatoms. The van der Waals surface area contributed by atoms with Gasteiger partial charge in [0.05, 0.1) is 0 Å². The summed E-state index contributed by atoms with van der Waals surface area (Å²) in [6.07, 6.45) is 3.81. The number of furan rings is 1. The van der Waals surface area contributed by atoms with E-state index >= 15 is 0 Å². The van der Waals surface area contributed by atoms with Crippen LogP contribution in [0.5, 0.6) is 0 Å². The number of rotatable bonds is 5. The molecule has 26 heavy (non-hydrogen) atoms. The highest BCUT2D eigenvalue weighted by molar-refractivity contribution is 9.10. The van der Waals surface area contributed by atoms with Crippen LogP contribution in [0.2, 0.25) is 0 Å². The molecule has 1 aliphatic carbocycles. The topological polar surface area (TPSA) is 83.3 Å². The van der Waals surface area contributed by atoms with Gasteiger partial charge in [-0.3, -0.25) is 4.79 Å². The number of nitrogens with one attached hydrogen (secondary N) is 2. The largest absolute Gasteiger partial charge is 0.444 e. The maximum absolute atomic E-state index is 12.2. The van der Waals surface area contributed by atoms with Gasteiger partial charge in [0.25, 0.3) is 5.91 Å². The van der Waals surface area contributed by atoms with E-state index in [9.17, 15) is 4.79 Å². The first-order chi connectivity index (χ1) is 12.4. The Balaban J connectivity index is 1.52. The van der Waals surface area contributed by atoms with Crippen LogP contribution >= 0.6 is 15.9 Å². The number of nitrogens with zero attached hydrogens (tertiary/aromatic N) is 3. The molecule has 2 N–H and O–H groups in total. The lowest BCUT2D eigenvalue weighted by atomic mass is 9.91. The number of hydrogen-bond acceptors (Lipinski definition) is 6. The lowest BCUT2D eigenvalue weighted by Crippen LogP contribution is -2.40. The van der Waals surface area contributed by atoms with Crippen LogP contribution in [0.3, 0.4) is 0 Å². The van der Waals surface area contributed by atoms with Crippen molar-refractivity contribution in [3.05, 3.63) is 34.3 Å². The minimum Gasteiger partial charge on any atom is -0.444 e. The Morgan fingerprint density at radius 3 is 2.50 bits per heavy atom. The Bertz CT molecular complexity index is 769. The van der Waals surface area contributed by atoms with Crippen LogP contribution in [-0.2, 0) is 0 Å². The Morgan fingerprint density at radius 2 is 1.88 bits per heavy atom. The zero-order valence-corrected chi connectivity index (χ0v) is 16.8. The molecule has 1 aliphatic rings. The standard InChI is InChI=1S/C18H24BrN5O2/c1-11-10-16(23-18(20-11)24(2)3)21-12-4-6-13(7-5-12)22-17(25)14-8-9-15(19)26-14/h8-10,12-13H,4-7H2,1-3H3,(H,22,25)(H,20,21,23). The average molecular weight is 422 g/mol. The third-order valence-electron chi connectivity index (χ3n) is 4.45. The molecule has 0 unspecified atom stereocenters. The van der Waals surface area contributed by atoms with Gasteiger partial charge in [-0.05, 0) is 60.7 Å². The highest BCUT2D eigenvalue weighted by Gasteiger charge is 2.24. The minimum absolute atomic E-state index is 0.158. The van der Waals surface area contributed by atoms with Crippen LogP contribution in [0.25, 0.3) is 0 Å². The molecule has 1 amide bonds. The van der Waals surface area contributed by atoms with Gasteiger partial charge in [0.15, 0.2) is 10.4 Å². The van der Waals surface area contributed by atoms with Crippen molar-refractivity contribution >= 4 is 33.6 Å². The van der Waals surface area contributed by atoms with Crippen molar-refractivity contribution in [3.63, 3.8) is 0 Å². The third-order valence-corrected chi connectivity index (χ3v) is 4.88. The molecule has 2 heterocycles. The van der Waals surface area contributed by atoms with Gasteiger partial charge in [-0.1, -0.05) is 0 Å². The molecule has 1 fully saturated rings. The Labute approximate surface area is 161 Å². The number of hydrogen-bond donors (Lipinski definition) is 2. The van der Waals surface area contributed by atoms with E-state index in [0.29, 0.717) is 22.4 Å². The summed E-state index contributed by atoms with van der Waals surface area (Å²) in [4.78, 5) is 23.0. The van der Waals surface area contributed by atoms with Crippen LogP contribution in [0.1, 0.15) is 41.9 Å². The van der Waals surface area contributed by atoms with E-state index in [1.165, 1.54) is 0 Å². The van der Waals surface area contributed by atoms with Crippen LogP contribution in [0, 0.1) is 6.92 Å². The van der Waals surface area contributed by atoms with Crippen molar-refractivity contribution in [3.8, 4) is 0 Å². The van der Waals surface area contributed by atoms with E-state index in [1.807, 2.05) is 32.0 Å². The number of amides is 1. The van der Waals surface area contributed by atoms with Gasteiger partial charge in [0, 0.05) is 37.9 Å². The molecule has 3 rings (SSSR count). The van der Waals surface area contributed by atoms with Crippen LogP contribution in [0.4, 0.5) is 11.8 Å². The van der Waals surface area contributed by atoms with Gasteiger partial charge in [0.1, 0.15) is 5.82 Å². The van der Waals surface area contributed by atoms with E-state index in [1.54, 1.807) is 12.1 Å². The zero-order chi connectivity index (χ0) is 18.7. The molecule has 0 radical (unpaired) electrons. The smallest absolute Gasteiger partial charge is 0.287 e. The summed E-state index contributed by atoms with van der Waals surface area (Å²) in [5.74, 6) is 1.74. The van der Waals surface area contributed by atoms with Crippen LogP contribution in [-0.4, -0.2) is 42.1 Å². The van der Waals surface area contributed by atoms with E-state index in [2.05, 4.69) is 36.5 Å². The Morgan fingerprint density at radius 1 is 1.19 bits per heavy atom. The lowest BCUT2D eigenvalue weighted by Gasteiger charge is -2.30. The molecule has 1 saturated carbocycles. The molecule has 0 aliphatic heterocycles. The monoisotopic (exact) mass is 421 g/mol.